The maximum atomic E-state index is 13.8. The minimum absolute atomic E-state index is 0.0481. The predicted octanol–water partition coefficient (Wildman–Crippen LogP) is 4.73. The molecule has 0 fully saturated rings. The van der Waals surface area contributed by atoms with Gasteiger partial charge in [-0.25, -0.2) is 0 Å². The molecule has 8 nitrogen and oxygen atoms in total. The molecule has 0 saturated carbocycles. The van der Waals surface area contributed by atoms with Gasteiger partial charge in [-0.1, -0.05) is 23.7 Å². The molecule has 12 heteroatoms. The number of carboxylic acids is 1. The van der Waals surface area contributed by atoms with E-state index >= 15 is 0 Å². The molecule has 0 aliphatic heterocycles. The largest absolute Gasteiger partial charge is 0.481 e. The van der Waals surface area contributed by atoms with Crippen molar-refractivity contribution in [2.45, 2.75) is 25.4 Å². The Bertz CT molecular complexity index is 1460. The number of aliphatic hydroxyl groups excluding tert-OH is 1. The van der Waals surface area contributed by atoms with E-state index in [1.807, 2.05) is 0 Å². The first-order chi connectivity index (χ1) is 17.9. The van der Waals surface area contributed by atoms with E-state index in [9.17, 15) is 32.7 Å². The average Bonchev–Trinajstić information content (AvgIpc) is 3.26. The molecule has 0 spiro atoms. The molecule has 2 N–H and O–H groups in total. The van der Waals surface area contributed by atoms with Crippen molar-refractivity contribution in [2.24, 2.45) is 5.92 Å². The highest BCUT2D eigenvalue weighted by atomic mass is 35.5. The highest BCUT2D eigenvalue weighted by Crippen LogP contribution is 2.38. The Hall–Kier alpha value is -3.70. The van der Waals surface area contributed by atoms with Crippen LogP contribution in [0.1, 0.15) is 51.2 Å². The summed E-state index contributed by atoms with van der Waals surface area (Å²) in [4.78, 5) is 39.1. The molecule has 1 aromatic heterocycles. The highest BCUT2D eigenvalue weighted by Gasteiger charge is 2.37. The van der Waals surface area contributed by atoms with Crippen molar-refractivity contribution in [1.82, 2.24) is 14.7 Å². The lowest BCUT2D eigenvalue weighted by Gasteiger charge is -2.17. The van der Waals surface area contributed by atoms with Gasteiger partial charge in [-0.3, -0.25) is 14.4 Å². The molecule has 3 aromatic rings. The lowest BCUT2D eigenvalue weighted by Crippen LogP contribution is -2.29. The fourth-order valence-electron chi connectivity index (χ4n) is 4.47. The number of fused-ring (bicyclic) bond motifs is 1. The van der Waals surface area contributed by atoms with Gasteiger partial charge in [-0.05, 0) is 55.2 Å². The molecule has 1 atom stereocenters. The number of aliphatic hydroxyl groups is 1. The summed E-state index contributed by atoms with van der Waals surface area (Å²) in [5, 5.41) is 22.8. The second-order valence-corrected chi connectivity index (χ2v) is 9.35. The van der Waals surface area contributed by atoms with Crippen molar-refractivity contribution in [3.05, 3.63) is 69.9 Å². The summed E-state index contributed by atoms with van der Waals surface area (Å²) in [6, 6.07) is 7.41. The van der Waals surface area contributed by atoms with Crippen LogP contribution in [0, 0.1) is 5.92 Å². The minimum atomic E-state index is -4.87. The first-order valence-electron chi connectivity index (χ1n) is 11.7. The van der Waals surface area contributed by atoms with Crippen LogP contribution in [0.5, 0.6) is 0 Å². The van der Waals surface area contributed by atoms with Crippen molar-refractivity contribution in [1.29, 1.82) is 0 Å². The van der Waals surface area contributed by atoms with Gasteiger partial charge in [-0.15, -0.1) is 0 Å². The number of allylic oxidation sites excluding steroid dienone is 2. The van der Waals surface area contributed by atoms with E-state index in [4.69, 9.17) is 16.7 Å². The number of hydrogen-bond donors (Lipinski definition) is 2. The Morgan fingerprint density at radius 2 is 1.95 bits per heavy atom. The zero-order valence-corrected chi connectivity index (χ0v) is 20.9. The number of halogens is 4. The number of aromatic nitrogens is 2. The van der Waals surface area contributed by atoms with Crippen LogP contribution in [0.4, 0.5) is 13.2 Å². The van der Waals surface area contributed by atoms with Crippen molar-refractivity contribution in [2.75, 3.05) is 20.2 Å². The van der Waals surface area contributed by atoms with E-state index in [1.54, 1.807) is 12.1 Å². The molecule has 0 saturated heterocycles. The minimum Gasteiger partial charge on any atom is -0.481 e. The SMILES string of the molecule is CN(CCO)C(=O)c1ccc2c(C3=CCC(C(=O)O)CC3)nn(C(=O)c3c(Cl)cccc3C(F)(F)F)c2c1. The van der Waals surface area contributed by atoms with Crippen LogP contribution in [0.2, 0.25) is 5.02 Å². The van der Waals surface area contributed by atoms with Gasteiger partial charge in [0.05, 0.1) is 39.9 Å². The Kier molecular flexibility index (Phi) is 7.61. The zero-order chi connectivity index (χ0) is 27.8. The summed E-state index contributed by atoms with van der Waals surface area (Å²) in [5.74, 6) is -3.11. The van der Waals surface area contributed by atoms with Crippen molar-refractivity contribution >= 4 is 45.9 Å². The van der Waals surface area contributed by atoms with Crippen molar-refractivity contribution in [3.8, 4) is 0 Å². The van der Waals surface area contributed by atoms with Gasteiger partial charge in [0, 0.05) is 24.5 Å². The highest BCUT2D eigenvalue weighted by molar-refractivity contribution is 6.34. The lowest BCUT2D eigenvalue weighted by molar-refractivity contribution is -0.142. The summed E-state index contributed by atoms with van der Waals surface area (Å²) in [6.45, 7) is -0.226. The number of likely N-dealkylation sites (N-methyl/N-ethyl adjacent to an activating group) is 1. The second kappa shape index (κ2) is 10.6. The number of carbonyl (C=O) groups is 3. The van der Waals surface area contributed by atoms with E-state index in [2.05, 4.69) is 5.10 Å². The first kappa shape index (κ1) is 27.3. The van der Waals surface area contributed by atoms with Gasteiger partial charge >= 0.3 is 12.1 Å². The van der Waals surface area contributed by atoms with Crippen LogP contribution in [0.25, 0.3) is 16.5 Å². The average molecular weight is 550 g/mol. The third-order valence-electron chi connectivity index (χ3n) is 6.50. The Morgan fingerprint density at radius 3 is 2.55 bits per heavy atom. The summed E-state index contributed by atoms with van der Waals surface area (Å²) < 4.78 is 42.1. The van der Waals surface area contributed by atoms with Crippen LogP contribution in [0.15, 0.2) is 42.5 Å². The topological polar surface area (TPSA) is 113 Å². The quantitative estimate of drug-likeness (QED) is 0.460. The lowest BCUT2D eigenvalue weighted by atomic mass is 9.87. The standard InChI is InChI=1S/C26H23ClF3N3O5/c1-32(11-12-34)23(35)16-9-10-17-20(13-16)33(31-22(17)14-5-7-15(8-6-14)25(37)38)24(36)21-18(26(28,29)30)3-2-4-19(21)27/h2-5,9-10,13,15,34H,6-8,11-12H2,1H3,(H,37,38). The van der Waals surface area contributed by atoms with Gasteiger partial charge in [0.15, 0.2) is 0 Å². The molecule has 1 amide bonds. The summed E-state index contributed by atoms with van der Waals surface area (Å²) >= 11 is 6.08. The van der Waals surface area contributed by atoms with Gasteiger partial charge in [0.25, 0.3) is 11.8 Å². The molecule has 0 radical (unpaired) electrons. The molecule has 0 bridgehead atoms. The van der Waals surface area contributed by atoms with Crippen LogP contribution in [0.3, 0.4) is 0 Å². The molecule has 4 rings (SSSR count). The zero-order valence-electron chi connectivity index (χ0n) is 20.1. The number of carbonyl (C=O) groups excluding carboxylic acids is 2. The van der Waals surface area contributed by atoms with Crippen molar-refractivity contribution in [3.63, 3.8) is 0 Å². The normalized spacial score (nSPS) is 15.8. The number of amides is 1. The molecule has 38 heavy (non-hydrogen) atoms. The number of rotatable bonds is 6. The van der Waals surface area contributed by atoms with Gasteiger partial charge < -0.3 is 15.1 Å². The van der Waals surface area contributed by atoms with Crippen LogP contribution in [-0.4, -0.2) is 62.9 Å². The Balaban J connectivity index is 1.91. The van der Waals surface area contributed by atoms with E-state index in [0.717, 1.165) is 16.8 Å². The summed E-state index contributed by atoms with van der Waals surface area (Å²) in [5.41, 5.74) is -0.840. The number of aliphatic carboxylic acids is 1. The molecule has 1 unspecified atom stereocenters. The van der Waals surface area contributed by atoms with E-state index < -0.39 is 46.0 Å². The fourth-order valence-corrected chi connectivity index (χ4v) is 4.72. The molecular formula is C26H23ClF3N3O5. The van der Waals surface area contributed by atoms with Crippen molar-refractivity contribution < 1.29 is 37.8 Å². The maximum absolute atomic E-state index is 13.8. The summed E-state index contributed by atoms with van der Waals surface area (Å²) in [6.07, 6.45) is -2.28. The molecule has 1 aliphatic carbocycles. The van der Waals surface area contributed by atoms with Gasteiger partial charge in [-0.2, -0.15) is 23.0 Å². The van der Waals surface area contributed by atoms with Gasteiger partial charge in [0.2, 0.25) is 0 Å². The van der Waals surface area contributed by atoms with Gasteiger partial charge in [0.1, 0.15) is 0 Å². The van der Waals surface area contributed by atoms with E-state index in [1.165, 1.54) is 30.1 Å². The molecule has 2 aromatic carbocycles. The number of nitrogens with zero attached hydrogens (tertiary/aromatic N) is 3. The molecule has 1 heterocycles. The Labute approximate surface area is 219 Å². The fraction of sp³-hybridized carbons (Fsp3) is 0.308. The molecular weight excluding hydrogens is 527 g/mol. The van der Waals surface area contributed by atoms with Crippen LogP contribution < -0.4 is 0 Å². The number of hydrogen-bond acceptors (Lipinski definition) is 5. The number of alkyl halides is 3. The van der Waals surface area contributed by atoms with Crippen LogP contribution in [-0.2, 0) is 11.0 Å². The monoisotopic (exact) mass is 549 g/mol. The predicted molar refractivity (Wildman–Crippen MR) is 133 cm³/mol. The third-order valence-corrected chi connectivity index (χ3v) is 6.81. The first-order valence-corrected chi connectivity index (χ1v) is 12.0. The van der Waals surface area contributed by atoms with E-state index in [0.29, 0.717) is 29.5 Å². The molecule has 200 valence electrons. The maximum Gasteiger partial charge on any atom is 0.417 e. The third kappa shape index (κ3) is 5.16. The Morgan fingerprint density at radius 1 is 1.21 bits per heavy atom. The second-order valence-electron chi connectivity index (χ2n) is 8.95. The summed E-state index contributed by atoms with van der Waals surface area (Å²) in [7, 11) is 1.47. The van der Waals surface area contributed by atoms with E-state index in [-0.39, 0.29) is 30.7 Å². The number of carboxylic acid groups (broad SMARTS) is 1. The molecule has 1 aliphatic rings. The van der Waals surface area contributed by atoms with Crippen LogP contribution >= 0.6 is 11.6 Å². The smallest absolute Gasteiger partial charge is 0.417 e. The number of benzene rings is 2.